The minimum absolute atomic E-state index is 0.121. The number of benzene rings is 1. The molecule has 0 unspecified atom stereocenters. The van der Waals surface area contributed by atoms with Gasteiger partial charge in [0.05, 0.1) is 6.61 Å². The van der Waals surface area contributed by atoms with Gasteiger partial charge in [-0.2, -0.15) is 14.0 Å². The van der Waals surface area contributed by atoms with Gasteiger partial charge in [0.1, 0.15) is 11.6 Å². The number of nitrogens with one attached hydrogen (secondary N) is 1. The highest BCUT2D eigenvalue weighted by atomic mass is 19.3. The molecule has 0 aliphatic heterocycles. The molecule has 1 N–H and O–H groups in total. The molecular formula is C17H20F2N2O3. The first-order valence-corrected chi connectivity index (χ1v) is 7.64. The quantitative estimate of drug-likeness (QED) is 0.425. The number of carbonyl (C=O) groups excluding carboxylic acids is 1. The second kappa shape index (κ2) is 10.2. The Kier molecular flexibility index (Phi) is 8.26. The van der Waals surface area contributed by atoms with Crippen molar-refractivity contribution in [3.8, 4) is 17.6 Å². The Morgan fingerprint density at radius 1 is 1.42 bits per heavy atom. The zero-order valence-corrected chi connectivity index (χ0v) is 13.6. The van der Waals surface area contributed by atoms with E-state index >= 15 is 0 Å². The number of rotatable bonds is 9. The van der Waals surface area contributed by atoms with E-state index in [1.807, 2.05) is 6.92 Å². The normalized spacial score (nSPS) is 11.1. The summed E-state index contributed by atoms with van der Waals surface area (Å²) in [5.74, 6) is -0.644. The third-order valence-electron chi connectivity index (χ3n) is 3.00. The number of halogens is 2. The van der Waals surface area contributed by atoms with Crippen LogP contribution in [-0.4, -0.2) is 25.7 Å². The summed E-state index contributed by atoms with van der Waals surface area (Å²) in [7, 11) is 0. The zero-order valence-electron chi connectivity index (χ0n) is 13.6. The molecule has 0 aliphatic carbocycles. The molecule has 0 fully saturated rings. The van der Waals surface area contributed by atoms with Crippen LogP contribution < -0.4 is 14.8 Å². The molecule has 130 valence electrons. The highest BCUT2D eigenvalue weighted by Crippen LogP contribution is 2.34. The number of hydrogen-bond donors (Lipinski definition) is 1. The summed E-state index contributed by atoms with van der Waals surface area (Å²) in [6.45, 7) is 1.32. The summed E-state index contributed by atoms with van der Waals surface area (Å²) in [6.07, 6.45) is 2.89. The van der Waals surface area contributed by atoms with Crippen LogP contribution in [0.4, 0.5) is 8.78 Å². The van der Waals surface area contributed by atoms with Gasteiger partial charge in [-0.05, 0) is 25.5 Å². The number of unbranched alkanes of at least 4 members (excludes halogenated alkanes) is 1. The van der Waals surface area contributed by atoms with Crippen LogP contribution in [0.15, 0.2) is 23.8 Å². The molecule has 0 bridgehead atoms. The van der Waals surface area contributed by atoms with E-state index in [1.165, 1.54) is 18.2 Å². The molecule has 1 aromatic rings. The summed E-state index contributed by atoms with van der Waals surface area (Å²) in [5, 5.41) is 11.8. The van der Waals surface area contributed by atoms with Crippen molar-refractivity contribution >= 4 is 12.0 Å². The van der Waals surface area contributed by atoms with Gasteiger partial charge in [0, 0.05) is 12.1 Å². The van der Waals surface area contributed by atoms with Crippen molar-refractivity contribution in [2.24, 2.45) is 0 Å². The number of carbonyl (C=O) groups is 1. The minimum atomic E-state index is -3.05. The maximum Gasteiger partial charge on any atom is 0.387 e. The van der Waals surface area contributed by atoms with Gasteiger partial charge in [-0.1, -0.05) is 25.5 Å². The van der Waals surface area contributed by atoms with Crippen LogP contribution in [0.3, 0.4) is 0 Å². The predicted octanol–water partition coefficient (Wildman–Crippen LogP) is 3.51. The molecule has 0 saturated carbocycles. The Hall–Kier alpha value is -2.62. The van der Waals surface area contributed by atoms with Crippen molar-refractivity contribution in [3.63, 3.8) is 0 Å². The summed E-state index contributed by atoms with van der Waals surface area (Å²) < 4.78 is 35.1. The number of hydrogen-bond acceptors (Lipinski definition) is 4. The van der Waals surface area contributed by atoms with Gasteiger partial charge in [0.25, 0.3) is 5.91 Å². The van der Waals surface area contributed by atoms with Crippen LogP contribution >= 0.6 is 0 Å². The Labute approximate surface area is 139 Å². The number of nitrogens with zero attached hydrogens (tertiary/aromatic N) is 1. The fourth-order valence-electron chi connectivity index (χ4n) is 1.91. The largest absolute Gasteiger partial charge is 0.490 e. The fraction of sp³-hybridized carbons (Fsp3) is 0.412. The van der Waals surface area contributed by atoms with Crippen LogP contribution in [0.25, 0.3) is 6.08 Å². The number of amides is 1. The average molecular weight is 338 g/mol. The summed E-state index contributed by atoms with van der Waals surface area (Å²) in [4.78, 5) is 12.0. The highest BCUT2D eigenvalue weighted by Gasteiger charge is 2.16. The summed E-state index contributed by atoms with van der Waals surface area (Å²) in [6, 6.07) is 6.29. The summed E-state index contributed by atoms with van der Waals surface area (Å²) in [5.41, 5.74) is -0.0256. The van der Waals surface area contributed by atoms with Gasteiger partial charge in [-0.3, -0.25) is 4.79 Å². The number of ether oxygens (including phenoxy) is 2. The van der Waals surface area contributed by atoms with E-state index in [2.05, 4.69) is 10.1 Å². The van der Waals surface area contributed by atoms with E-state index in [-0.39, 0.29) is 29.2 Å². The van der Waals surface area contributed by atoms with Gasteiger partial charge in [0.2, 0.25) is 0 Å². The van der Waals surface area contributed by atoms with Gasteiger partial charge >= 0.3 is 6.61 Å². The van der Waals surface area contributed by atoms with E-state index in [9.17, 15) is 13.6 Å². The topological polar surface area (TPSA) is 71.4 Å². The fourth-order valence-corrected chi connectivity index (χ4v) is 1.91. The van der Waals surface area contributed by atoms with Crippen LogP contribution in [0.5, 0.6) is 11.5 Å². The second-order valence-electron chi connectivity index (χ2n) is 4.77. The standard InChI is InChI=1S/C17H20F2N2O3/c1-3-5-9-21-16(22)13(11-20)10-12-7-6-8-14(23-4-2)15(12)24-17(18)19/h6-8,10,17H,3-5,9H2,1-2H3,(H,21,22)/b13-10+. The molecule has 7 heteroatoms. The van der Waals surface area contributed by atoms with Gasteiger partial charge in [-0.25, -0.2) is 0 Å². The monoisotopic (exact) mass is 338 g/mol. The Morgan fingerprint density at radius 2 is 2.17 bits per heavy atom. The zero-order chi connectivity index (χ0) is 17.9. The molecule has 0 atom stereocenters. The Morgan fingerprint density at radius 3 is 2.75 bits per heavy atom. The van der Waals surface area contributed by atoms with E-state index in [0.717, 1.165) is 12.8 Å². The maximum atomic E-state index is 12.7. The SMILES string of the molecule is CCCCNC(=O)/C(C#N)=C/c1cccc(OCC)c1OC(F)F. The molecular weight excluding hydrogens is 318 g/mol. The molecule has 0 aromatic heterocycles. The number of nitriles is 1. The average Bonchev–Trinajstić information content (AvgIpc) is 2.55. The molecule has 0 radical (unpaired) electrons. The van der Waals surface area contributed by atoms with Crippen LogP contribution in [-0.2, 0) is 4.79 Å². The van der Waals surface area contributed by atoms with Gasteiger partial charge in [0.15, 0.2) is 11.5 Å². The second-order valence-corrected chi connectivity index (χ2v) is 4.77. The molecule has 5 nitrogen and oxygen atoms in total. The van der Waals surface area contributed by atoms with Gasteiger partial charge in [-0.15, -0.1) is 0 Å². The maximum absolute atomic E-state index is 12.7. The molecule has 0 heterocycles. The molecule has 0 spiro atoms. The lowest BCUT2D eigenvalue weighted by Crippen LogP contribution is -2.25. The third-order valence-corrected chi connectivity index (χ3v) is 3.00. The van der Waals surface area contributed by atoms with Crippen molar-refractivity contribution in [1.29, 1.82) is 5.26 Å². The Balaban J connectivity index is 3.15. The van der Waals surface area contributed by atoms with Crippen LogP contribution in [0, 0.1) is 11.3 Å². The first-order chi connectivity index (χ1) is 11.5. The third kappa shape index (κ3) is 5.88. The van der Waals surface area contributed by atoms with E-state index in [0.29, 0.717) is 6.54 Å². The van der Waals surface area contributed by atoms with E-state index in [1.54, 1.807) is 19.1 Å². The number of para-hydroxylation sites is 1. The lowest BCUT2D eigenvalue weighted by atomic mass is 10.1. The predicted molar refractivity (Wildman–Crippen MR) is 85.8 cm³/mol. The highest BCUT2D eigenvalue weighted by molar-refractivity contribution is 6.02. The Bertz CT molecular complexity index is 625. The van der Waals surface area contributed by atoms with Crippen molar-refractivity contribution in [1.82, 2.24) is 5.32 Å². The van der Waals surface area contributed by atoms with Crippen molar-refractivity contribution in [2.75, 3.05) is 13.2 Å². The molecule has 1 amide bonds. The molecule has 1 aromatic carbocycles. The minimum Gasteiger partial charge on any atom is -0.490 e. The number of alkyl halides is 2. The van der Waals surface area contributed by atoms with Crippen LogP contribution in [0.1, 0.15) is 32.3 Å². The van der Waals surface area contributed by atoms with E-state index < -0.39 is 12.5 Å². The first-order valence-electron chi connectivity index (χ1n) is 7.64. The lowest BCUT2D eigenvalue weighted by Gasteiger charge is -2.14. The lowest BCUT2D eigenvalue weighted by molar-refractivity contribution is -0.117. The van der Waals surface area contributed by atoms with E-state index in [4.69, 9.17) is 10.00 Å². The molecule has 1 rings (SSSR count). The van der Waals surface area contributed by atoms with Crippen molar-refractivity contribution in [2.45, 2.75) is 33.3 Å². The summed E-state index contributed by atoms with van der Waals surface area (Å²) >= 11 is 0. The molecule has 0 saturated heterocycles. The van der Waals surface area contributed by atoms with Gasteiger partial charge < -0.3 is 14.8 Å². The van der Waals surface area contributed by atoms with Crippen molar-refractivity contribution < 1.29 is 23.0 Å². The molecule has 24 heavy (non-hydrogen) atoms. The van der Waals surface area contributed by atoms with Crippen molar-refractivity contribution in [3.05, 3.63) is 29.3 Å². The first kappa shape index (κ1) is 19.4. The van der Waals surface area contributed by atoms with Crippen LogP contribution in [0.2, 0.25) is 0 Å². The molecule has 0 aliphatic rings. The smallest absolute Gasteiger partial charge is 0.387 e.